The monoisotopic (exact) mass is 513 g/mol. The number of likely N-dealkylation sites (tertiary alicyclic amines) is 1. The summed E-state index contributed by atoms with van der Waals surface area (Å²) >= 11 is 0. The van der Waals surface area contributed by atoms with Crippen LogP contribution in [0.2, 0.25) is 0 Å². The highest BCUT2D eigenvalue weighted by Gasteiger charge is 2.24. The maximum Gasteiger partial charge on any atom is 0.193 e. The fourth-order valence-corrected chi connectivity index (χ4v) is 4.29. The Labute approximate surface area is 189 Å². The lowest BCUT2D eigenvalue weighted by Crippen LogP contribution is -2.45. The first kappa shape index (κ1) is 22.0. The summed E-state index contributed by atoms with van der Waals surface area (Å²) in [5.74, 6) is 4.79. The van der Waals surface area contributed by atoms with Crippen molar-refractivity contribution in [2.24, 2.45) is 4.99 Å². The predicted molar refractivity (Wildman–Crippen MR) is 123 cm³/mol. The first-order valence-electron chi connectivity index (χ1n) is 10.6. The molecule has 0 spiro atoms. The van der Waals surface area contributed by atoms with E-state index in [2.05, 4.69) is 45.2 Å². The molecule has 0 aromatic carbocycles. The first-order valence-corrected chi connectivity index (χ1v) is 10.6. The van der Waals surface area contributed by atoms with Gasteiger partial charge in [-0.05, 0) is 32.1 Å². The molecule has 0 saturated carbocycles. The quantitative estimate of drug-likeness (QED) is 0.275. The largest absolute Gasteiger partial charge is 0.356 e. The minimum atomic E-state index is 0. The van der Waals surface area contributed by atoms with Crippen LogP contribution in [0.3, 0.4) is 0 Å². The van der Waals surface area contributed by atoms with Crippen molar-refractivity contribution in [3.63, 3.8) is 0 Å². The molecule has 1 fully saturated rings. The summed E-state index contributed by atoms with van der Waals surface area (Å²) in [5, 5.41) is 19.3. The highest BCUT2D eigenvalue weighted by atomic mass is 127. The van der Waals surface area contributed by atoms with Crippen LogP contribution >= 0.6 is 24.0 Å². The zero-order valence-corrected chi connectivity index (χ0v) is 19.5. The Morgan fingerprint density at radius 3 is 2.83 bits per heavy atom. The minimum absolute atomic E-state index is 0. The molecule has 2 aliphatic rings. The number of aliphatic imine (C=N–C) groups is 1. The molecule has 2 aliphatic heterocycles. The van der Waals surface area contributed by atoms with Crippen molar-refractivity contribution < 1.29 is 0 Å². The van der Waals surface area contributed by atoms with Gasteiger partial charge in [0, 0.05) is 52.0 Å². The van der Waals surface area contributed by atoms with Crippen LogP contribution in [0.5, 0.6) is 0 Å². The minimum Gasteiger partial charge on any atom is -0.356 e. The van der Waals surface area contributed by atoms with E-state index < -0.39 is 0 Å². The maximum atomic E-state index is 4.48. The van der Waals surface area contributed by atoms with Gasteiger partial charge in [0.25, 0.3) is 0 Å². The van der Waals surface area contributed by atoms with E-state index in [1.807, 2.05) is 7.05 Å². The van der Waals surface area contributed by atoms with Crippen molar-refractivity contribution in [3.05, 3.63) is 23.8 Å². The van der Waals surface area contributed by atoms with E-state index in [0.29, 0.717) is 5.92 Å². The molecule has 0 unspecified atom stereocenters. The number of rotatable bonds is 5. The molecule has 4 rings (SSSR count). The van der Waals surface area contributed by atoms with Crippen molar-refractivity contribution in [1.29, 1.82) is 0 Å². The van der Waals surface area contributed by atoms with Gasteiger partial charge in [0.2, 0.25) is 0 Å². The van der Waals surface area contributed by atoms with Crippen molar-refractivity contribution in [2.75, 3.05) is 26.7 Å². The molecule has 2 aromatic rings. The Morgan fingerprint density at radius 2 is 2.07 bits per heavy atom. The van der Waals surface area contributed by atoms with Gasteiger partial charge in [-0.15, -0.1) is 34.2 Å². The van der Waals surface area contributed by atoms with Crippen LogP contribution in [-0.2, 0) is 19.4 Å². The first-order chi connectivity index (χ1) is 13.8. The smallest absolute Gasteiger partial charge is 0.193 e. The molecule has 0 bridgehead atoms. The van der Waals surface area contributed by atoms with Crippen molar-refractivity contribution in [1.82, 2.24) is 40.2 Å². The zero-order chi connectivity index (χ0) is 19.2. The average Bonchev–Trinajstić information content (AvgIpc) is 3.34. The van der Waals surface area contributed by atoms with Gasteiger partial charge >= 0.3 is 0 Å². The van der Waals surface area contributed by atoms with Crippen molar-refractivity contribution in [3.8, 4) is 0 Å². The maximum absolute atomic E-state index is 4.48. The zero-order valence-electron chi connectivity index (χ0n) is 17.2. The average molecular weight is 513 g/mol. The Hall–Kier alpha value is -1.72. The van der Waals surface area contributed by atoms with Gasteiger partial charge in [-0.25, -0.2) is 4.98 Å². The van der Waals surface area contributed by atoms with Gasteiger partial charge in [-0.3, -0.25) is 10.1 Å². The number of aromatic amines is 1. The number of guanidine groups is 1. The molecule has 0 amide bonds. The summed E-state index contributed by atoms with van der Waals surface area (Å²) in [4.78, 5) is 11.1. The van der Waals surface area contributed by atoms with Gasteiger partial charge in [0.05, 0.1) is 0 Å². The summed E-state index contributed by atoms with van der Waals surface area (Å²) in [6.45, 7) is 3.95. The van der Waals surface area contributed by atoms with Crippen LogP contribution in [-0.4, -0.2) is 67.5 Å². The van der Waals surface area contributed by atoms with E-state index >= 15 is 0 Å². The Morgan fingerprint density at radius 1 is 1.21 bits per heavy atom. The second kappa shape index (κ2) is 10.9. The predicted octanol–water partition coefficient (Wildman–Crippen LogP) is 2.13. The number of piperidine rings is 1. The topological polar surface area (TPSA) is 99.9 Å². The highest BCUT2D eigenvalue weighted by molar-refractivity contribution is 14.0. The molecule has 10 heteroatoms. The Bertz CT molecular complexity index is 763. The summed E-state index contributed by atoms with van der Waals surface area (Å²) in [6.07, 6.45) is 10.6. The number of fused-ring (bicyclic) bond motifs is 1. The fraction of sp³-hybridized carbons (Fsp3) is 0.737. The molecular weight excluding hydrogens is 481 g/mol. The van der Waals surface area contributed by atoms with E-state index in [1.165, 1.54) is 25.1 Å². The van der Waals surface area contributed by atoms with Crippen LogP contribution in [0.25, 0.3) is 0 Å². The third kappa shape index (κ3) is 5.46. The summed E-state index contributed by atoms with van der Waals surface area (Å²) < 4.78 is 2.34. The SMILES string of the molecule is CN=C(NCCCc1nnc2n1CCCCC2)N1CCC(c2ncn[nH]2)CC1.I. The van der Waals surface area contributed by atoms with Gasteiger partial charge in [0.1, 0.15) is 23.8 Å². The molecule has 0 radical (unpaired) electrons. The number of nitrogens with one attached hydrogen (secondary N) is 2. The number of hydrogen-bond acceptors (Lipinski definition) is 5. The second-order valence-corrected chi connectivity index (χ2v) is 7.70. The van der Waals surface area contributed by atoms with E-state index in [1.54, 1.807) is 6.33 Å². The molecule has 9 nitrogen and oxygen atoms in total. The number of aromatic nitrogens is 6. The summed E-state index contributed by atoms with van der Waals surface area (Å²) in [7, 11) is 1.86. The fourth-order valence-electron chi connectivity index (χ4n) is 4.29. The number of halogens is 1. The molecule has 0 aliphatic carbocycles. The summed E-state index contributed by atoms with van der Waals surface area (Å²) in [6, 6.07) is 0. The summed E-state index contributed by atoms with van der Waals surface area (Å²) in [5.41, 5.74) is 0. The molecule has 160 valence electrons. The third-order valence-electron chi connectivity index (χ3n) is 5.87. The Balaban J connectivity index is 0.00000240. The number of aryl methyl sites for hydroxylation is 2. The molecule has 0 atom stereocenters. The van der Waals surface area contributed by atoms with E-state index in [4.69, 9.17) is 0 Å². The third-order valence-corrected chi connectivity index (χ3v) is 5.87. The second-order valence-electron chi connectivity index (χ2n) is 7.70. The van der Waals surface area contributed by atoms with Crippen LogP contribution in [0.4, 0.5) is 0 Å². The lowest BCUT2D eigenvalue weighted by Gasteiger charge is -2.33. The van der Waals surface area contributed by atoms with Crippen LogP contribution < -0.4 is 5.32 Å². The molecule has 2 aromatic heterocycles. The standard InChI is InChI=1S/C19H31N9.HI/c1-20-19(27-12-8-15(9-13-27)18-22-14-23-26-18)21-10-5-7-17-25-24-16-6-3-2-4-11-28(16)17;/h14-15H,2-13H2,1H3,(H,20,21)(H,22,23,26);1H. The van der Waals surface area contributed by atoms with Crippen molar-refractivity contribution >= 4 is 29.9 Å². The Kier molecular flexibility index (Phi) is 8.25. The molecule has 29 heavy (non-hydrogen) atoms. The van der Waals surface area contributed by atoms with Gasteiger partial charge < -0.3 is 14.8 Å². The number of hydrogen-bond donors (Lipinski definition) is 2. The highest BCUT2D eigenvalue weighted by Crippen LogP contribution is 2.24. The van der Waals surface area contributed by atoms with E-state index in [-0.39, 0.29) is 24.0 Å². The van der Waals surface area contributed by atoms with E-state index in [9.17, 15) is 0 Å². The number of nitrogens with zero attached hydrogens (tertiary/aromatic N) is 7. The molecule has 1 saturated heterocycles. The number of H-pyrrole nitrogens is 1. The molecule has 4 heterocycles. The normalized spacial score (nSPS) is 18.1. The van der Waals surface area contributed by atoms with Crippen LogP contribution in [0.15, 0.2) is 11.3 Å². The lowest BCUT2D eigenvalue weighted by atomic mass is 9.96. The van der Waals surface area contributed by atoms with Crippen LogP contribution in [0.1, 0.15) is 61.9 Å². The van der Waals surface area contributed by atoms with Gasteiger partial charge in [-0.2, -0.15) is 5.10 Å². The van der Waals surface area contributed by atoms with Crippen molar-refractivity contribution in [2.45, 2.75) is 63.8 Å². The molecule has 2 N–H and O–H groups in total. The van der Waals surface area contributed by atoms with Crippen LogP contribution in [0, 0.1) is 0 Å². The van der Waals surface area contributed by atoms with Gasteiger partial charge in [-0.1, -0.05) is 6.42 Å². The van der Waals surface area contributed by atoms with Gasteiger partial charge in [0.15, 0.2) is 5.96 Å². The lowest BCUT2D eigenvalue weighted by molar-refractivity contribution is 0.299. The molecular formula is C19H32IN9. The van der Waals surface area contributed by atoms with E-state index in [0.717, 1.165) is 75.9 Å².